The largest absolute Gasteiger partial charge is 0.283 e. The summed E-state index contributed by atoms with van der Waals surface area (Å²) in [7, 11) is 0. The summed E-state index contributed by atoms with van der Waals surface area (Å²) < 4.78 is 26.7. The summed E-state index contributed by atoms with van der Waals surface area (Å²) in [5, 5.41) is 12.5. The fourth-order valence-corrected chi connectivity index (χ4v) is 2.01. The molecule has 0 atom stereocenters. The van der Waals surface area contributed by atoms with E-state index in [1.807, 2.05) is 31.2 Å². The quantitative estimate of drug-likeness (QED) is 0.861. The van der Waals surface area contributed by atoms with Crippen molar-refractivity contribution in [2.24, 2.45) is 0 Å². The zero-order chi connectivity index (χ0) is 14.0. The lowest BCUT2D eigenvalue weighted by atomic mass is 10.1. The summed E-state index contributed by atoms with van der Waals surface area (Å²) in [5.74, 6) is 0. The van der Waals surface area contributed by atoms with Crippen molar-refractivity contribution >= 4 is 11.6 Å². The molecule has 0 aliphatic heterocycles. The fourth-order valence-electron chi connectivity index (χ4n) is 1.77. The Labute approximate surface area is 114 Å². The molecular formula is C13H10ClF2N3. The smallest absolute Gasteiger partial charge is 0.248 e. The van der Waals surface area contributed by atoms with E-state index in [-0.39, 0.29) is 17.3 Å². The van der Waals surface area contributed by atoms with E-state index in [9.17, 15) is 8.78 Å². The number of alkyl halides is 2. The van der Waals surface area contributed by atoms with Crippen LogP contribution in [-0.2, 0) is 6.54 Å². The van der Waals surface area contributed by atoms with E-state index < -0.39 is 12.1 Å². The molecule has 2 rings (SSSR count). The van der Waals surface area contributed by atoms with Crippen LogP contribution in [-0.4, -0.2) is 9.78 Å². The third-order valence-electron chi connectivity index (χ3n) is 2.82. The minimum absolute atomic E-state index is 0.0546. The molecule has 0 fully saturated rings. The first-order chi connectivity index (χ1) is 9.04. The molecule has 19 heavy (non-hydrogen) atoms. The van der Waals surface area contributed by atoms with Gasteiger partial charge in [0.1, 0.15) is 22.5 Å². The number of hydrogen-bond donors (Lipinski definition) is 0. The van der Waals surface area contributed by atoms with Crippen LogP contribution in [0.1, 0.15) is 28.8 Å². The van der Waals surface area contributed by atoms with Crippen molar-refractivity contribution in [1.82, 2.24) is 9.78 Å². The van der Waals surface area contributed by atoms with Crippen LogP contribution in [0.5, 0.6) is 0 Å². The Hall–Kier alpha value is -1.93. The van der Waals surface area contributed by atoms with Crippen molar-refractivity contribution < 1.29 is 8.78 Å². The highest BCUT2D eigenvalue weighted by Gasteiger charge is 2.23. The molecule has 0 bridgehead atoms. The van der Waals surface area contributed by atoms with Gasteiger partial charge in [-0.1, -0.05) is 35.9 Å². The van der Waals surface area contributed by atoms with Gasteiger partial charge in [0.05, 0.1) is 6.54 Å². The molecule has 1 heterocycles. The Morgan fingerprint density at radius 2 is 2.11 bits per heavy atom. The summed E-state index contributed by atoms with van der Waals surface area (Å²) >= 11 is 5.92. The molecule has 1 aromatic carbocycles. The standard InChI is InChI=1S/C13H10ClF2N3/c1-8-4-2-3-5-9(8)7-19-12(14)10(6-17)11(18-19)13(15)16/h2-5,13H,7H2,1H3. The molecule has 0 radical (unpaired) electrons. The highest BCUT2D eigenvalue weighted by atomic mass is 35.5. The van der Waals surface area contributed by atoms with Crippen LogP contribution in [0.25, 0.3) is 0 Å². The summed E-state index contributed by atoms with van der Waals surface area (Å²) in [6.45, 7) is 2.17. The van der Waals surface area contributed by atoms with Crippen LogP contribution in [0.4, 0.5) is 8.78 Å². The average Bonchev–Trinajstić information content (AvgIpc) is 2.69. The number of nitrogens with zero attached hydrogens (tertiary/aromatic N) is 3. The number of rotatable bonds is 3. The predicted octanol–water partition coefficient (Wildman–Crippen LogP) is 3.70. The van der Waals surface area contributed by atoms with Gasteiger partial charge in [0.15, 0.2) is 0 Å². The number of nitriles is 1. The normalized spacial score (nSPS) is 10.7. The highest BCUT2D eigenvalue weighted by Crippen LogP contribution is 2.27. The SMILES string of the molecule is Cc1ccccc1Cn1nc(C(F)F)c(C#N)c1Cl. The van der Waals surface area contributed by atoms with Gasteiger partial charge in [-0.25, -0.2) is 13.5 Å². The molecule has 98 valence electrons. The molecule has 1 aromatic heterocycles. The van der Waals surface area contributed by atoms with Gasteiger partial charge in [0.2, 0.25) is 0 Å². The molecule has 0 saturated heterocycles. The number of aryl methyl sites for hydroxylation is 1. The van der Waals surface area contributed by atoms with E-state index in [0.29, 0.717) is 0 Å². The van der Waals surface area contributed by atoms with Gasteiger partial charge in [-0.05, 0) is 18.1 Å². The molecule has 0 N–H and O–H groups in total. The lowest BCUT2D eigenvalue weighted by molar-refractivity contribution is 0.144. The zero-order valence-corrected chi connectivity index (χ0v) is 10.8. The Morgan fingerprint density at radius 3 is 2.63 bits per heavy atom. The number of halogens is 3. The van der Waals surface area contributed by atoms with Gasteiger partial charge < -0.3 is 0 Å². The van der Waals surface area contributed by atoms with Crippen molar-refractivity contribution in [3.8, 4) is 6.07 Å². The maximum absolute atomic E-state index is 12.7. The van der Waals surface area contributed by atoms with Gasteiger partial charge in [0.25, 0.3) is 6.43 Å². The van der Waals surface area contributed by atoms with Gasteiger partial charge in [0, 0.05) is 0 Å². The third kappa shape index (κ3) is 2.59. The van der Waals surface area contributed by atoms with Gasteiger partial charge in [-0.3, -0.25) is 0 Å². The maximum atomic E-state index is 12.7. The molecule has 2 aromatic rings. The Morgan fingerprint density at radius 1 is 1.42 bits per heavy atom. The summed E-state index contributed by atoms with van der Waals surface area (Å²) in [6.07, 6.45) is -2.81. The van der Waals surface area contributed by atoms with E-state index in [2.05, 4.69) is 5.10 Å². The lowest BCUT2D eigenvalue weighted by Crippen LogP contribution is -2.04. The van der Waals surface area contributed by atoms with E-state index >= 15 is 0 Å². The van der Waals surface area contributed by atoms with Crippen molar-refractivity contribution in [2.75, 3.05) is 0 Å². The molecule has 6 heteroatoms. The Bertz CT molecular complexity index is 644. The van der Waals surface area contributed by atoms with E-state index in [1.165, 1.54) is 4.68 Å². The van der Waals surface area contributed by atoms with Crippen LogP contribution < -0.4 is 0 Å². The minimum atomic E-state index is -2.81. The molecule has 0 saturated carbocycles. The topological polar surface area (TPSA) is 41.6 Å². The molecule has 0 unspecified atom stereocenters. The maximum Gasteiger partial charge on any atom is 0.283 e. The minimum Gasteiger partial charge on any atom is -0.248 e. The molecule has 3 nitrogen and oxygen atoms in total. The third-order valence-corrected chi connectivity index (χ3v) is 3.20. The average molecular weight is 282 g/mol. The molecular weight excluding hydrogens is 272 g/mol. The molecule has 0 amide bonds. The second-order valence-electron chi connectivity index (χ2n) is 4.05. The first-order valence-electron chi connectivity index (χ1n) is 5.53. The van der Waals surface area contributed by atoms with E-state index in [1.54, 1.807) is 6.07 Å². The number of benzene rings is 1. The summed E-state index contributed by atoms with van der Waals surface area (Å²) in [6, 6.07) is 9.17. The number of hydrogen-bond acceptors (Lipinski definition) is 2. The Balaban J connectivity index is 2.42. The molecule has 0 aliphatic rings. The van der Waals surface area contributed by atoms with Crippen molar-refractivity contribution in [1.29, 1.82) is 5.26 Å². The second kappa shape index (κ2) is 5.37. The highest BCUT2D eigenvalue weighted by molar-refractivity contribution is 6.30. The molecule has 0 spiro atoms. The van der Waals surface area contributed by atoms with Crippen LogP contribution >= 0.6 is 11.6 Å². The summed E-state index contributed by atoms with van der Waals surface area (Å²) in [5.41, 5.74) is 1.09. The monoisotopic (exact) mass is 281 g/mol. The van der Waals surface area contributed by atoms with Gasteiger partial charge in [-0.15, -0.1) is 0 Å². The van der Waals surface area contributed by atoms with Crippen LogP contribution in [0.15, 0.2) is 24.3 Å². The van der Waals surface area contributed by atoms with Gasteiger partial charge >= 0.3 is 0 Å². The molecule has 0 aliphatic carbocycles. The van der Waals surface area contributed by atoms with Crippen molar-refractivity contribution in [2.45, 2.75) is 19.9 Å². The first kappa shape index (κ1) is 13.5. The Kier molecular flexibility index (Phi) is 3.82. The lowest BCUT2D eigenvalue weighted by Gasteiger charge is -2.06. The van der Waals surface area contributed by atoms with Crippen molar-refractivity contribution in [3.05, 3.63) is 51.8 Å². The van der Waals surface area contributed by atoms with E-state index in [0.717, 1.165) is 11.1 Å². The summed E-state index contributed by atoms with van der Waals surface area (Å²) in [4.78, 5) is 0. The second-order valence-corrected chi connectivity index (χ2v) is 4.41. The van der Waals surface area contributed by atoms with Crippen molar-refractivity contribution in [3.63, 3.8) is 0 Å². The fraction of sp³-hybridized carbons (Fsp3) is 0.231. The predicted molar refractivity (Wildman–Crippen MR) is 67.2 cm³/mol. The first-order valence-corrected chi connectivity index (χ1v) is 5.91. The zero-order valence-electron chi connectivity index (χ0n) is 10.1. The van der Waals surface area contributed by atoms with Gasteiger partial charge in [-0.2, -0.15) is 10.4 Å². The number of aromatic nitrogens is 2. The van der Waals surface area contributed by atoms with Crippen LogP contribution in [0.3, 0.4) is 0 Å². The van der Waals surface area contributed by atoms with Crippen LogP contribution in [0.2, 0.25) is 5.15 Å². The van der Waals surface area contributed by atoms with E-state index in [4.69, 9.17) is 16.9 Å². The van der Waals surface area contributed by atoms with Crippen LogP contribution in [0, 0.1) is 18.3 Å².